The van der Waals surface area contributed by atoms with Crippen LogP contribution in [0.2, 0.25) is 0 Å². The Morgan fingerprint density at radius 3 is 2.31 bits per heavy atom. The van der Waals surface area contributed by atoms with Gasteiger partial charge in [-0.25, -0.2) is 0 Å². The van der Waals surface area contributed by atoms with Gasteiger partial charge >= 0.3 is 0 Å². The molecule has 10 heteroatoms. The van der Waals surface area contributed by atoms with Crippen molar-refractivity contribution in [3.8, 4) is 28.6 Å². The van der Waals surface area contributed by atoms with E-state index in [4.69, 9.17) is 14.2 Å². The Hall–Kier alpha value is -3.14. The summed E-state index contributed by atoms with van der Waals surface area (Å²) in [5, 5.41) is 15.0. The summed E-state index contributed by atoms with van der Waals surface area (Å²) in [6.45, 7) is 0.234. The zero-order chi connectivity index (χ0) is 20.8. The predicted octanol–water partition coefficient (Wildman–Crippen LogP) is 2.44. The largest absolute Gasteiger partial charge is 0.493 e. The topological polar surface area (TPSA) is 100 Å². The lowest BCUT2D eigenvalue weighted by molar-refractivity contribution is -0.122. The molecule has 0 aliphatic rings. The van der Waals surface area contributed by atoms with Crippen LogP contribution in [0.3, 0.4) is 0 Å². The number of methoxy groups -OCH3 is 3. The van der Waals surface area contributed by atoms with E-state index in [1.54, 1.807) is 26.4 Å². The summed E-state index contributed by atoms with van der Waals surface area (Å²) in [6.07, 6.45) is 0. The normalized spacial score (nSPS) is 10.5. The molecule has 3 rings (SSSR count). The first kappa shape index (κ1) is 20.6. The van der Waals surface area contributed by atoms with Crippen LogP contribution in [-0.2, 0) is 17.9 Å². The highest BCUT2D eigenvalue weighted by molar-refractivity contribution is 9.10. The summed E-state index contributed by atoms with van der Waals surface area (Å²) >= 11 is 3.38. The van der Waals surface area contributed by atoms with E-state index in [1.807, 2.05) is 24.3 Å². The van der Waals surface area contributed by atoms with Crippen LogP contribution in [0.5, 0.6) is 17.2 Å². The molecule has 0 atom stereocenters. The molecule has 0 fully saturated rings. The Balaban J connectivity index is 1.62. The summed E-state index contributed by atoms with van der Waals surface area (Å²) in [5.41, 5.74) is 1.62. The molecular weight excluding hydrogens is 442 g/mol. The number of carbonyl (C=O) groups excluding carboxylic acids is 1. The van der Waals surface area contributed by atoms with Crippen LogP contribution in [0.25, 0.3) is 11.4 Å². The van der Waals surface area contributed by atoms with E-state index in [9.17, 15) is 4.79 Å². The number of ether oxygens (including phenoxy) is 3. The maximum Gasteiger partial charge on any atom is 0.243 e. The fourth-order valence-corrected chi connectivity index (χ4v) is 2.91. The highest BCUT2D eigenvalue weighted by atomic mass is 79.9. The Bertz CT molecular complexity index is 966. The second-order valence-electron chi connectivity index (χ2n) is 5.96. The van der Waals surface area contributed by atoms with Crippen LogP contribution >= 0.6 is 15.9 Å². The van der Waals surface area contributed by atoms with Crippen LogP contribution in [0.15, 0.2) is 40.9 Å². The number of rotatable bonds is 8. The number of benzene rings is 2. The van der Waals surface area contributed by atoms with Gasteiger partial charge in [0.25, 0.3) is 0 Å². The number of tetrazole rings is 1. The Labute approximate surface area is 176 Å². The number of amides is 1. The monoisotopic (exact) mass is 461 g/mol. The van der Waals surface area contributed by atoms with Crippen LogP contribution in [0.1, 0.15) is 5.56 Å². The first-order valence-electron chi connectivity index (χ1n) is 8.63. The molecule has 1 amide bonds. The highest BCUT2D eigenvalue weighted by Gasteiger charge is 2.14. The van der Waals surface area contributed by atoms with E-state index >= 15 is 0 Å². The van der Waals surface area contributed by atoms with Crippen molar-refractivity contribution in [1.82, 2.24) is 25.5 Å². The first-order valence-corrected chi connectivity index (χ1v) is 9.42. The number of aromatic nitrogens is 4. The third-order valence-corrected chi connectivity index (χ3v) is 4.58. The minimum atomic E-state index is -0.251. The second-order valence-corrected chi connectivity index (χ2v) is 6.88. The maximum atomic E-state index is 12.3. The van der Waals surface area contributed by atoms with Gasteiger partial charge in [0, 0.05) is 16.6 Å². The predicted molar refractivity (Wildman–Crippen MR) is 109 cm³/mol. The molecule has 3 aromatic rings. The van der Waals surface area contributed by atoms with Crippen molar-refractivity contribution in [2.24, 2.45) is 0 Å². The van der Waals surface area contributed by atoms with Crippen LogP contribution in [0.4, 0.5) is 0 Å². The van der Waals surface area contributed by atoms with Gasteiger partial charge in [-0.1, -0.05) is 15.9 Å². The average molecular weight is 462 g/mol. The van der Waals surface area contributed by atoms with E-state index in [1.165, 1.54) is 11.9 Å². The van der Waals surface area contributed by atoms with E-state index in [-0.39, 0.29) is 19.0 Å². The van der Waals surface area contributed by atoms with Gasteiger partial charge in [0.2, 0.25) is 17.5 Å². The second kappa shape index (κ2) is 9.37. The minimum absolute atomic E-state index is 0.0477. The van der Waals surface area contributed by atoms with Crippen molar-refractivity contribution in [3.05, 3.63) is 46.4 Å². The van der Waals surface area contributed by atoms with Crippen molar-refractivity contribution in [3.63, 3.8) is 0 Å². The minimum Gasteiger partial charge on any atom is -0.493 e. The maximum absolute atomic E-state index is 12.3. The van der Waals surface area contributed by atoms with Crippen molar-refractivity contribution in [2.45, 2.75) is 13.1 Å². The van der Waals surface area contributed by atoms with E-state index in [0.717, 1.165) is 15.6 Å². The van der Waals surface area contributed by atoms with Crippen LogP contribution < -0.4 is 19.5 Å². The number of hydrogen-bond donors (Lipinski definition) is 1. The third-order valence-electron chi connectivity index (χ3n) is 4.05. The molecule has 29 heavy (non-hydrogen) atoms. The zero-order valence-electron chi connectivity index (χ0n) is 16.2. The summed E-state index contributed by atoms with van der Waals surface area (Å²) in [7, 11) is 4.62. The van der Waals surface area contributed by atoms with E-state index in [2.05, 4.69) is 36.7 Å². The van der Waals surface area contributed by atoms with Gasteiger partial charge in [0.05, 0.1) is 21.3 Å². The molecule has 2 aromatic carbocycles. The number of halogens is 1. The smallest absolute Gasteiger partial charge is 0.243 e. The molecule has 0 aliphatic heterocycles. The molecular formula is C19H20BrN5O4. The summed E-state index contributed by atoms with van der Waals surface area (Å²) < 4.78 is 16.9. The lowest BCUT2D eigenvalue weighted by Gasteiger charge is -2.14. The summed E-state index contributed by atoms with van der Waals surface area (Å²) in [6, 6.07) is 11.1. The number of nitrogens with zero attached hydrogens (tertiary/aromatic N) is 4. The molecule has 0 spiro atoms. The van der Waals surface area contributed by atoms with E-state index in [0.29, 0.717) is 23.1 Å². The number of hydrogen-bond acceptors (Lipinski definition) is 7. The molecule has 1 heterocycles. The van der Waals surface area contributed by atoms with Crippen LogP contribution in [0, 0.1) is 0 Å². The SMILES string of the molecule is COc1cc(CNC(=O)Cn2nnc(-c3ccc(Br)cc3)n2)cc(OC)c1OC. The van der Waals surface area contributed by atoms with Crippen molar-refractivity contribution < 1.29 is 19.0 Å². The molecule has 0 unspecified atom stereocenters. The average Bonchev–Trinajstić information content (AvgIpc) is 3.20. The van der Waals surface area contributed by atoms with E-state index < -0.39 is 0 Å². The summed E-state index contributed by atoms with van der Waals surface area (Å²) in [4.78, 5) is 13.5. The van der Waals surface area contributed by atoms with Gasteiger partial charge in [-0.2, -0.15) is 4.80 Å². The summed E-state index contributed by atoms with van der Waals surface area (Å²) in [5.74, 6) is 1.74. The van der Waals surface area contributed by atoms with Crippen molar-refractivity contribution in [1.29, 1.82) is 0 Å². The Morgan fingerprint density at radius 1 is 1.07 bits per heavy atom. The zero-order valence-corrected chi connectivity index (χ0v) is 17.8. The lowest BCUT2D eigenvalue weighted by atomic mass is 10.1. The van der Waals surface area contributed by atoms with Gasteiger partial charge < -0.3 is 19.5 Å². The van der Waals surface area contributed by atoms with Gasteiger partial charge in [-0.05, 0) is 47.2 Å². The van der Waals surface area contributed by atoms with Gasteiger partial charge in [-0.3, -0.25) is 4.79 Å². The molecule has 0 saturated carbocycles. The van der Waals surface area contributed by atoms with Gasteiger partial charge in [0.15, 0.2) is 11.5 Å². The highest BCUT2D eigenvalue weighted by Crippen LogP contribution is 2.38. The quantitative estimate of drug-likeness (QED) is 0.549. The first-order chi connectivity index (χ1) is 14.0. The molecule has 1 N–H and O–H groups in total. The standard InChI is InChI=1S/C19H20BrN5O4/c1-27-15-8-12(9-16(28-2)18(15)29-3)10-21-17(26)11-25-23-19(22-24-25)13-4-6-14(20)7-5-13/h4-9H,10-11H2,1-3H3,(H,21,26). The van der Waals surface area contributed by atoms with Crippen molar-refractivity contribution >= 4 is 21.8 Å². The number of carbonyl (C=O) groups is 1. The third kappa shape index (κ3) is 5.02. The number of nitrogens with one attached hydrogen (secondary N) is 1. The van der Waals surface area contributed by atoms with Gasteiger partial charge in [-0.15, -0.1) is 10.2 Å². The van der Waals surface area contributed by atoms with Crippen molar-refractivity contribution in [2.75, 3.05) is 21.3 Å². The molecule has 152 valence electrons. The fraction of sp³-hybridized carbons (Fsp3) is 0.263. The fourth-order valence-electron chi connectivity index (χ4n) is 2.65. The molecule has 0 saturated heterocycles. The molecule has 9 nitrogen and oxygen atoms in total. The van der Waals surface area contributed by atoms with Crippen LogP contribution in [-0.4, -0.2) is 47.4 Å². The lowest BCUT2D eigenvalue weighted by Crippen LogP contribution is -2.28. The Kier molecular flexibility index (Phi) is 6.65. The molecule has 0 radical (unpaired) electrons. The molecule has 1 aromatic heterocycles. The molecule has 0 bridgehead atoms. The Morgan fingerprint density at radius 2 is 1.72 bits per heavy atom. The molecule has 0 aliphatic carbocycles. The van der Waals surface area contributed by atoms with Gasteiger partial charge in [0.1, 0.15) is 6.54 Å².